The van der Waals surface area contributed by atoms with Crippen LogP contribution in [0.2, 0.25) is 0 Å². The number of rotatable bonds is 3. The molecule has 9 aromatic rings. The van der Waals surface area contributed by atoms with Crippen LogP contribution in [0.1, 0.15) is 0 Å². The Kier molecular flexibility index (Phi) is 5.57. The summed E-state index contributed by atoms with van der Waals surface area (Å²) in [6, 6.07) is 58.4. The first-order valence-electron chi connectivity index (χ1n) is 16.0. The summed E-state index contributed by atoms with van der Waals surface area (Å²) in [6.45, 7) is 0. The smallest absolute Gasteiger partial charge is 0.0994 e. The van der Waals surface area contributed by atoms with E-state index in [4.69, 9.17) is 9.97 Å². The van der Waals surface area contributed by atoms with Crippen LogP contribution in [0.15, 0.2) is 164 Å². The molecule has 0 bridgehead atoms. The van der Waals surface area contributed by atoms with Crippen molar-refractivity contribution in [1.82, 2.24) is 9.97 Å². The van der Waals surface area contributed by atoms with Crippen LogP contribution >= 0.6 is 0 Å². The Hall–Kier alpha value is -6.32. The Balaban J connectivity index is 1.31. The van der Waals surface area contributed by atoms with Crippen molar-refractivity contribution >= 4 is 60.4 Å². The van der Waals surface area contributed by atoms with Gasteiger partial charge in [0.1, 0.15) is 0 Å². The van der Waals surface area contributed by atoms with Crippen LogP contribution in [-0.4, -0.2) is 9.97 Å². The van der Waals surface area contributed by atoms with E-state index < -0.39 is 0 Å². The molecule has 47 heavy (non-hydrogen) atoms. The van der Waals surface area contributed by atoms with Crippen molar-refractivity contribution < 1.29 is 0 Å². The van der Waals surface area contributed by atoms with Gasteiger partial charge in [0.25, 0.3) is 0 Å². The van der Waals surface area contributed by atoms with E-state index in [1.54, 1.807) is 0 Å². The molecule has 0 saturated heterocycles. The highest BCUT2D eigenvalue weighted by molar-refractivity contribution is 6.20. The summed E-state index contributed by atoms with van der Waals surface area (Å²) in [7, 11) is 0. The van der Waals surface area contributed by atoms with Crippen molar-refractivity contribution in [3.05, 3.63) is 164 Å². The van der Waals surface area contributed by atoms with Crippen molar-refractivity contribution in [2.45, 2.75) is 0 Å². The van der Waals surface area contributed by atoms with E-state index in [0.29, 0.717) is 0 Å². The maximum absolute atomic E-state index is 5.39. The van der Waals surface area contributed by atoms with Crippen molar-refractivity contribution in [2.24, 2.45) is 0 Å². The molecule has 0 radical (unpaired) electrons. The Labute approximate surface area is 272 Å². The molecular weight excluding hydrogens is 571 g/mol. The molecule has 1 aliphatic rings. The lowest BCUT2D eigenvalue weighted by molar-refractivity contribution is 1.26. The van der Waals surface area contributed by atoms with Gasteiger partial charge >= 0.3 is 0 Å². The first-order valence-corrected chi connectivity index (χ1v) is 16.0. The van der Waals surface area contributed by atoms with E-state index in [1.807, 2.05) is 12.1 Å². The molecule has 0 fully saturated rings. The Morgan fingerprint density at radius 3 is 1.68 bits per heavy atom. The summed E-state index contributed by atoms with van der Waals surface area (Å²) in [5, 5.41) is 7.30. The molecule has 0 atom stereocenters. The second kappa shape index (κ2) is 10.1. The third kappa shape index (κ3) is 3.87. The molecule has 0 saturated carbocycles. The third-order valence-electron chi connectivity index (χ3n) is 9.56. The highest BCUT2D eigenvalue weighted by atomic mass is 15.2. The van der Waals surface area contributed by atoms with Gasteiger partial charge in [-0.2, -0.15) is 0 Å². The second-order valence-corrected chi connectivity index (χ2v) is 12.2. The van der Waals surface area contributed by atoms with Crippen LogP contribution in [0.4, 0.5) is 17.1 Å². The van der Waals surface area contributed by atoms with Crippen LogP contribution in [0, 0.1) is 0 Å². The van der Waals surface area contributed by atoms with Gasteiger partial charge in [-0.1, -0.05) is 133 Å². The molecule has 218 valence electrons. The summed E-state index contributed by atoms with van der Waals surface area (Å²) in [4.78, 5) is 13.2. The van der Waals surface area contributed by atoms with Crippen LogP contribution in [-0.2, 0) is 0 Å². The molecule has 0 N–H and O–H groups in total. The van der Waals surface area contributed by atoms with E-state index in [-0.39, 0.29) is 0 Å². The van der Waals surface area contributed by atoms with Gasteiger partial charge < -0.3 is 4.90 Å². The lowest BCUT2D eigenvalue weighted by Crippen LogP contribution is -2.16. The molecule has 1 aromatic heterocycles. The molecule has 10 rings (SSSR count). The minimum absolute atomic E-state index is 0.865. The second-order valence-electron chi connectivity index (χ2n) is 12.2. The van der Waals surface area contributed by atoms with E-state index in [0.717, 1.165) is 56.0 Å². The van der Waals surface area contributed by atoms with Gasteiger partial charge in [-0.25, -0.2) is 9.97 Å². The minimum atomic E-state index is 0.865. The van der Waals surface area contributed by atoms with Gasteiger partial charge in [-0.3, -0.25) is 0 Å². The van der Waals surface area contributed by atoms with Crippen LogP contribution in [0.5, 0.6) is 0 Å². The van der Waals surface area contributed by atoms with Gasteiger partial charge in [0.05, 0.1) is 39.5 Å². The summed E-state index contributed by atoms with van der Waals surface area (Å²) in [5.74, 6) is 0. The van der Waals surface area contributed by atoms with E-state index in [1.165, 1.54) is 38.1 Å². The van der Waals surface area contributed by atoms with Gasteiger partial charge in [-0.15, -0.1) is 0 Å². The largest absolute Gasteiger partial charge is 0.309 e. The predicted molar refractivity (Wildman–Crippen MR) is 197 cm³/mol. The lowest BCUT2D eigenvalue weighted by Gasteiger charge is -2.35. The maximum atomic E-state index is 5.39. The lowest BCUT2D eigenvalue weighted by atomic mass is 9.87. The highest BCUT2D eigenvalue weighted by Crippen LogP contribution is 2.54. The highest BCUT2D eigenvalue weighted by Gasteiger charge is 2.30. The van der Waals surface area contributed by atoms with Crippen molar-refractivity contribution in [3.8, 4) is 33.6 Å². The summed E-state index contributed by atoms with van der Waals surface area (Å²) >= 11 is 0. The molecule has 0 aliphatic carbocycles. The van der Waals surface area contributed by atoms with Crippen LogP contribution in [0.3, 0.4) is 0 Å². The zero-order chi connectivity index (χ0) is 30.9. The van der Waals surface area contributed by atoms with E-state index in [9.17, 15) is 0 Å². The number of hydrogen-bond acceptors (Lipinski definition) is 3. The number of benzene rings is 8. The number of hydrogen-bond donors (Lipinski definition) is 0. The van der Waals surface area contributed by atoms with Crippen LogP contribution < -0.4 is 4.90 Å². The molecule has 0 spiro atoms. The number of para-hydroxylation sites is 3. The third-order valence-corrected chi connectivity index (χ3v) is 9.56. The van der Waals surface area contributed by atoms with E-state index >= 15 is 0 Å². The van der Waals surface area contributed by atoms with Crippen molar-refractivity contribution in [2.75, 3.05) is 4.90 Å². The monoisotopic (exact) mass is 597 g/mol. The first-order chi connectivity index (χ1) is 23.3. The van der Waals surface area contributed by atoms with Crippen molar-refractivity contribution in [1.29, 1.82) is 0 Å². The molecule has 1 aliphatic heterocycles. The fourth-order valence-corrected chi connectivity index (χ4v) is 7.51. The first kappa shape index (κ1) is 26.0. The van der Waals surface area contributed by atoms with Gasteiger partial charge in [-0.05, 0) is 62.8 Å². The average Bonchev–Trinajstić information content (AvgIpc) is 3.14. The Bertz CT molecular complexity index is 2700. The molecule has 3 heteroatoms. The quantitative estimate of drug-likeness (QED) is 0.203. The molecule has 0 unspecified atom stereocenters. The average molecular weight is 598 g/mol. The zero-order valence-electron chi connectivity index (χ0n) is 25.4. The number of fused-ring (bicyclic) bond motifs is 6. The number of nitrogens with zero attached hydrogens (tertiary/aromatic N) is 3. The summed E-state index contributed by atoms with van der Waals surface area (Å²) in [5.41, 5.74) is 11.5. The zero-order valence-corrected chi connectivity index (χ0v) is 25.4. The minimum Gasteiger partial charge on any atom is -0.309 e. The fraction of sp³-hybridized carbons (Fsp3) is 0. The van der Waals surface area contributed by atoms with Crippen molar-refractivity contribution in [3.63, 3.8) is 0 Å². The Morgan fingerprint density at radius 2 is 0.872 bits per heavy atom. The standard InChI is InChI=1S/C44H27N3/c1-3-17-31-28(12-1)14-9-20-33(31)43-44(46-37-23-7-6-22-36(37)45-43)34-19-5-8-24-38(34)47-39-25-11-16-30-15-10-21-35(41(30)39)42-32-18-4-2-13-29(32)26-27-40(42)47/h1-27H. The number of aromatic nitrogens is 2. The van der Waals surface area contributed by atoms with Gasteiger partial charge in [0.2, 0.25) is 0 Å². The predicted octanol–water partition coefficient (Wildman–Crippen LogP) is 11.9. The number of anilines is 3. The van der Waals surface area contributed by atoms with E-state index in [2.05, 4.69) is 157 Å². The molecule has 8 aromatic carbocycles. The Morgan fingerprint density at radius 1 is 0.340 bits per heavy atom. The van der Waals surface area contributed by atoms with Gasteiger partial charge in [0.15, 0.2) is 0 Å². The molecule has 2 heterocycles. The molecule has 3 nitrogen and oxygen atoms in total. The summed E-state index contributed by atoms with van der Waals surface area (Å²) < 4.78 is 0. The van der Waals surface area contributed by atoms with Crippen LogP contribution in [0.25, 0.3) is 77.0 Å². The maximum Gasteiger partial charge on any atom is 0.0994 e. The van der Waals surface area contributed by atoms with Gasteiger partial charge in [0, 0.05) is 22.1 Å². The topological polar surface area (TPSA) is 29.0 Å². The summed E-state index contributed by atoms with van der Waals surface area (Å²) in [6.07, 6.45) is 0. The SMILES string of the molecule is c1ccc(N2c3ccc4ccccc4c3-c3cccc4cccc2c34)c(-c2nc3ccccc3nc2-c2cccc3ccccc23)c1. The fourth-order valence-electron chi connectivity index (χ4n) is 7.51. The molecular formula is C44H27N3. The normalized spacial score (nSPS) is 12.2. The molecule has 0 amide bonds.